The highest BCUT2D eigenvalue weighted by Gasteiger charge is 2.26. The molecule has 0 rings (SSSR count). The Balaban J connectivity index is 4.77. The Kier molecular flexibility index (Phi) is 7.55. The third-order valence-corrected chi connectivity index (χ3v) is 2.45. The highest BCUT2D eigenvalue weighted by Crippen LogP contribution is 2.06. The standard InChI is InChI=1S/C11H22N4O5/c1-5(2)3-7(15-11(13)20)10(19)14-6(9(12)18)4-8(16)17/h5-8,16-17H,3-4H2,1-2H3,(H2,12,18)(H,14,19)(H3,13,15,20)/t6-,7+/m1/s1. The van der Waals surface area contributed by atoms with Gasteiger partial charge in [-0.2, -0.15) is 0 Å². The van der Waals surface area contributed by atoms with Crippen LogP contribution in [0.25, 0.3) is 0 Å². The van der Waals surface area contributed by atoms with Gasteiger partial charge in [0.1, 0.15) is 12.1 Å². The van der Waals surface area contributed by atoms with Crippen molar-refractivity contribution in [3.63, 3.8) is 0 Å². The molecule has 20 heavy (non-hydrogen) atoms. The molecule has 0 fully saturated rings. The van der Waals surface area contributed by atoms with E-state index >= 15 is 0 Å². The Bertz CT molecular complexity index is 359. The van der Waals surface area contributed by atoms with Crippen molar-refractivity contribution in [3.05, 3.63) is 0 Å². The number of aliphatic hydroxyl groups is 2. The molecule has 0 saturated heterocycles. The van der Waals surface area contributed by atoms with Gasteiger partial charge < -0.3 is 32.3 Å². The van der Waals surface area contributed by atoms with Gasteiger partial charge in [-0.05, 0) is 12.3 Å². The van der Waals surface area contributed by atoms with Crippen LogP contribution < -0.4 is 22.1 Å². The zero-order chi connectivity index (χ0) is 15.9. The van der Waals surface area contributed by atoms with E-state index < -0.39 is 42.6 Å². The molecule has 0 aliphatic heterocycles. The number of hydrogen-bond acceptors (Lipinski definition) is 5. The van der Waals surface area contributed by atoms with Crippen molar-refractivity contribution in [1.29, 1.82) is 0 Å². The summed E-state index contributed by atoms with van der Waals surface area (Å²) in [6, 6.07) is -3.04. The second-order valence-corrected chi connectivity index (χ2v) is 4.87. The van der Waals surface area contributed by atoms with Crippen LogP contribution in [0.2, 0.25) is 0 Å². The van der Waals surface area contributed by atoms with Crippen molar-refractivity contribution in [2.45, 2.75) is 45.1 Å². The van der Waals surface area contributed by atoms with E-state index in [0.717, 1.165) is 0 Å². The number of urea groups is 1. The molecule has 0 spiro atoms. The Morgan fingerprint density at radius 2 is 1.55 bits per heavy atom. The quantitative estimate of drug-likeness (QED) is 0.277. The molecule has 4 amide bonds. The molecular formula is C11H22N4O5. The molecule has 0 heterocycles. The van der Waals surface area contributed by atoms with E-state index in [1.54, 1.807) is 0 Å². The normalized spacial score (nSPS) is 13.9. The van der Waals surface area contributed by atoms with E-state index in [1.807, 2.05) is 13.8 Å². The Morgan fingerprint density at radius 3 is 1.90 bits per heavy atom. The summed E-state index contributed by atoms with van der Waals surface area (Å²) in [5.74, 6) is -1.48. The third kappa shape index (κ3) is 7.54. The lowest BCUT2D eigenvalue weighted by Gasteiger charge is -2.22. The van der Waals surface area contributed by atoms with Crippen LogP contribution in [0.3, 0.4) is 0 Å². The maximum atomic E-state index is 12.0. The topological polar surface area (TPSA) is 168 Å². The van der Waals surface area contributed by atoms with E-state index in [-0.39, 0.29) is 5.92 Å². The second kappa shape index (κ2) is 8.33. The van der Waals surface area contributed by atoms with Crippen molar-refractivity contribution in [3.8, 4) is 0 Å². The fraction of sp³-hybridized carbons (Fsp3) is 0.727. The smallest absolute Gasteiger partial charge is 0.312 e. The molecule has 0 radical (unpaired) electrons. The van der Waals surface area contributed by atoms with Crippen LogP contribution in [0, 0.1) is 5.92 Å². The first-order valence-electron chi connectivity index (χ1n) is 6.15. The zero-order valence-electron chi connectivity index (χ0n) is 11.5. The molecule has 0 unspecified atom stereocenters. The van der Waals surface area contributed by atoms with Gasteiger partial charge in [0.15, 0.2) is 6.29 Å². The summed E-state index contributed by atoms with van der Waals surface area (Å²) >= 11 is 0. The summed E-state index contributed by atoms with van der Waals surface area (Å²) in [5.41, 5.74) is 10.0. The van der Waals surface area contributed by atoms with Crippen molar-refractivity contribution in [1.82, 2.24) is 10.6 Å². The summed E-state index contributed by atoms with van der Waals surface area (Å²) in [6.07, 6.45) is -1.92. The summed E-state index contributed by atoms with van der Waals surface area (Å²) < 4.78 is 0. The first-order chi connectivity index (χ1) is 9.13. The summed E-state index contributed by atoms with van der Waals surface area (Å²) in [7, 11) is 0. The molecule has 0 aromatic carbocycles. The lowest BCUT2D eigenvalue weighted by molar-refractivity contribution is -0.131. The van der Waals surface area contributed by atoms with Gasteiger partial charge in [-0.3, -0.25) is 9.59 Å². The highest BCUT2D eigenvalue weighted by molar-refractivity contribution is 5.91. The molecule has 0 aliphatic rings. The second-order valence-electron chi connectivity index (χ2n) is 4.87. The van der Waals surface area contributed by atoms with E-state index in [9.17, 15) is 14.4 Å². The SMILES string of the molecule is CC(C)C[C@H](NC(N)=O)C(=O)N[C@H](CC(O)O)C(N)=O. The number of primary amides is 2. The predicted octanol–water partition coefficient (Wildman–Crippen LogP) is -2.26. The van der Waals surface area contributed by atoms with Gasteiger partial charge >= 0.3 is 6.03 Å². The minimum Gasteiger partial charge on any atom is -0.368 e. The van der Waals surface area contributed by atoms with Crippen LogP contribution in [0.5, 0.6) is 0 Å². The number of rotatable bonds is 8. The van der Waals surface area contributed by atoms with E-state index in [2.05, 4.69) is 10.6 Å². The van der Waals surface area contributed by atoms with Crippen LogP contribution in [0.1, 0.15) is 26.7 Å². The van der Waals surface area contributed by atoms with Gasteiger partial charge in [0.25, 0.3) is 0 Å². The zero-order valence-corrected chi connectivity index (χ0v) is 11.5. The summed E-state index contributed by atoms with van der Waals surface area (Å²) in [4.78, 5) is 33.9. The van der Waals surface area contributed by atoms with Gasteiger partial charge in [0.2, 0.25) is 11.8 Å². The van der Waals surface area contributed by atoms with Crippen molar-refractivity contribution in [2.75, 3.05) is 0 Å². The minimum atomic E-state index is -1.79. The largest absolute Gasteiger partial charge is 0.368 e. The molecule has 0 aromatic heterocycles. The van der Waals surface area contributed by atoms with Gasteiger partial charge in [0, 0.05) is 6.42 Å². The van der Waals surface area contributed by atoms with Gasteiger partial charge in [-0.1, -0.05) is 13.8 Å². The van der Waals surface area contributed by atoms with Crippen LogP contribution >= 0.6 is 0 Å². The maximum absolute atomic E-state index is 12.0. The van der Waals surface area contributed by atoms with Crippen molar-refractivity contribution in [2.24, 2.45) is 17.4 Å². The average Bonchev–Trinajstić information content (AvgIpc) is 2.24. The average molecular weight is 290 g/mol. The minimum absolute atomic E-state index is 0.0908. The molecular weight excluding hydrogens is 268 g/mol. The highest BCUT2D eigenvalue weighted by atomic mass is 16.5. The molecule has 9 heteroatoms. The van der Waals surface area contributed by atoms with E-state index in [0.29, 0.717) is 6.42 Å². The van der Waals surface area contributed by atoms with Crippen LogP contribution in [-0.2, 0) is 9.59 Å². The van der Waals surface area contributed by atoms with Crippen LogP contribution in [0.4, 0.5) is 4.79 Å². The number of carbonyl (C=O) groups is 3. The molecule has 116 valence electrons. The summed E-state index contributed by atoms with van der Waals surface area (Å²) in [5, 5.41) is 22.2. The molecule has 2 atom stereocenters. The monoisotopic (exact) mass is 290 g/mol. The molecule has 9 nitrogen and oxygen atoms in total. The molecule has 0 aromatic rings. The molecule has 0 aliphatic carbocycles. The number of aliphatic hydroxyl groups excluding tert-OH is 1. The first-order valence-corrected chi connectivity index (χ1v) is 6.15. The number of amides is 4. The van der Waals surface area contributed by atoms with Crippen molar-refractivity contribution < 1.29 is 24.6 Å². The number of nitrogens with one attached hydrogen (secondary N) is 2. The predicted molar refractivity (Wildman–Crippen MR) is 69.9 cm³/mol. The molecule has 0 saturated carbocycles. The first kappa shape index (κ1) is 18.1. The number of carbonyl (C=O) groups excluding carboxylic acids is 3. The molecule has 0 bridgehead atoms. The fourth-order valence-electron chi connectivity index (χ4n) is 1.60. The van der Waals surface area contributed by atoms with E-state index in [1.165, 1.54) is 0 Å². The number of hydrogen-bond donors (Lipinski definition) is 6. The van der Waals surface area contributed by atoms with Crippen LogP contribution in [-0.4, -0.2) is 46.4 Å². The van der Waals surface area contributed by atoms with E-state index in [4.69, 9.17) is 21.7 Å². The van der Waals surface area contributed by atoms with Crippen molar-refractivity contribution >= 4 is 17.8 Å². The lowest BCUT2D eigenvalue weighted by Crippen LogP contribution is -2.54. The third-order valence-electron chi connectivity index (χ3n) is 2.45. The van der Waals surface area contributed by atoms with Crippen LogP contribution in [0.15, 0.2) is 0 Å². The maximum Gasteiger partial charge on any atom is 0.312 e. The summed E-state index contributed by atoms with van der Waals surface area (Å²) in [6.45, 7) is 3.68. The Hall–Kier alpha value is -1.87. The fourth-order valence-corrected chi connectivity index (χ4v) is 1.60. The molecule has 8 N–H and O–H groups in total. The van der Waals surface area contributed by atoms with Gasteiger partial charge in [0.05, 0.1) is 0 Å². The van der Waals surface area contributed by atoms with Gasteiger partial charge in [-0.15, -0.1) is 0 Å². The Morgan fingerprint density at radius 1 is 1.00 bits per heavy atom. The lowest BCUT2D eigenvalue weighted by atomic mass is 10.0. The number of nitrogens with two attached hydrogens (primary N) is 2. The van der Waals surface area contributed by atoms with Gasteiger partial charge in [-0.25, -0.2) is 4.79 Å². The Labute approximate surface area is 116 Å².